The van der Waals surface area contributed by atoms with Crippen molar-refractivity contribution < 1.29 is 14.3 Å². The first-order chi connectivity index (χ1) is 12.0. The fourth-order valence-electron chi connectivity index (χ4n) is 3.39. The van der Waals surface area contributed by atoms with Gasteiger partial charge in [0, 0.05) is 20.1 Å². The molecule has 3 aromatic rings. The van der Waals surface area contributed by atoms with E-state index < -0.39 is 11.5 Å². The second-order valence-electron chi connectivity index (χ2n) is 6.67. The summed E-state index contributed by atoms with van der Waals surface area (Å²) in [7, 11) is 1.96. The number of para-hydroxylation sites is 2. The molecule has 7 heteroatoms. The molecule has 4 rings (SSSR count). The quantitative estimate of drug-likeness (QED) is 0.752. The first-order valence-electron chi connectivity index (χ1n) is 8.21. The van der Waals surface area contributed by atoms with Gasteiger partial charge in [-0.15, -0.1) is 0 Å². The van der Waals surface area contributed by atoms with E-state index in [0.29, 0.717) is 31.8 Å². The number of carboxylic acid groups (broad SMARTS) is 1. The number of nitrogens with zero attached hydrogens (tertiary/aromatic N) is 3. The molecule has 0 aliphatic carbocycles. The number of imidazole rings is 1. The van der Waals surface area contributed by atoms with Crippen LogP contribution in [-0.2, 0) is 18.4 Å². The highest BCUT2D eigenvalue weighted by Crippen LogP contribution is 2.27. The van der Waals surface area contributed by atoms with Crippen molar-refractivity contribution in [2.45, 2.75) is 18.5 Å². The third-order valence-corrected chi connectivity index (χ3v) is 4.85. The molecule has 25 heavy (non-hydrogen) atoms. The number of rotatable bonds is 4. The number of aliphatic carboxylic acids is 1. The predicted molar refractivity (Wildman–Crippen MR) is 92.9 cm³/mol. The Balaban J connectivity index is 1.54. The number of likely N-dealkylation sites (tertiary alicyclic amines) is 1. The number of benzene rings is 1. The Bertz CT molecular complexity index is 945. The molecule has 0 radical (unpaired) electrons. The third-order valence-electron chi connectivity index (χ3n) is 4.85. The molecule has 1 saturated heterocycles. The minimum Gasteiger partial charge on any atom is -0.480 e. The summed E-state index contributed by atoms with van der Waals surface area (Å²) < 4.78 is 7.96. The van der Waals surface area contributed by atoms with Crippen LogP contribution in [0, 0.1) is 0 Å². The molecular formula is C18H20N4O3. The maximum Gasteiger partial charge on any atom is 0.325 e. The number of furan rings is 1. The highest BCUT2D eigenvalue weighted by atomic mass is 16.4. The molecule has 1 aromatic carbocycles. The van der Waals surface area contributed by atoms with E-state index in [1.54, 1.807) is 0 Å². The number of nitrogens with two attached hydrogens (primary N) is 1. The average Bonchev–Trinajstić information content (AvgIpc) is 3.27. The van der Waals surface area contributed by atoms with E-state index in [1.807, 2.05) is 52.9 Å². The highest BCUT2D eigenvalue weighted by molar-refractivity contribution is 5.80. The number of hydrogen-bond donors (Lipinski definition) is 2. The summed E-state index contributed by atoms with van der Waals surface area (Å²) in [4.78, 5) is 17.9. The predicted octanol–water partition coefficient (Wildman–Crippen LogP) is 1.82. The van der Waals surface area contributed by atoms with Crippen LogP contribution in [0.2, 0.25) is 0 Å². The van der Waals surface area contributed by atoms with Crippen LogP contribution in [-0.4, -0.2) is 44.2 Å². The molecule has 0 amide bonds. The van der Waals surface area contributed by atoms with E-state index >= 15 is 0 Å². The van der Waals surface area contributed by atoms with Crippen molar-refractivity contribution in [2.24, 2.45) is 12.8 Å². The Morgan fingerprint density at radius 2 is 2.16 bits per heavy atom. The van der Waals surface area contributed by atoms with E-state index in [4.69, 9.17) is 10.2 Å². The minimum atomic E-state index is -1.16. The Morgan fingerprint density at radius 3 is 2.88 bits per heavy atom. The number of aryl methyl sites for hydroxylation is 1. The number of aromatic nitrogens is 2. The molecule has 2 aromatic heterocycles. The molecule has 0 saturated carbocycles. The molecule has 130 valence electrons. The Hall–Kier alpha value is -2.64. The SMILES string of the molecule is Cn1c(-c2ccc(CN3CC[C@@](N)(C(=O)O)C3)o2)nc2ccccc21. The van der Waals surface area contributed by atoms with E-state index in [0.717, 1.165) is 22.6 Å². The zero-order chi connectivity index (χ0) is 17.6. The molecule has 1 atom stereocenters. The van der Waals surface area contributed by atoms with Gasteiger partial charge in [0.15, 0.2) is 11.6 Å². The fourth-order valence-corrected chi connectivity index (χ4v) is 3.39. The van der Waals surface area contributed by atoms with Crippen LogP contribution in [0.4, 0.5) is 0 Å². The third kappa shape index (κ3) is 2.71. The summed E-state index contributed by atoms with van der Waals surface area (Å²) in [6, 6.07) is 11.7. The van der Waals surface area contributed by atoms with Gasteiger partial charge in [0.05, 0.1) is 17.6 Å². The molecular weight excluding hydrogens is 320 g/mol. The van der Waals surface area contributed by atoms with Crippen LogP contribution in [0.15, 0.2) is 40.8 Å². The first-order valence-corrected chi connectivity index (χ1v) is 8.21. The van der Waals surface area contributed by atoms with Crippen molar-refractivity contribution in [3.8, 4) is 11.6 Å². The lowest BCUT2D eigenvalue weighted by atomic mass is 10.0. The van der Waals surface area contributed by atoms with E-state index in [1.165, 1.54) is 0 Å². The van der Waals surface area contributed by atoms with E-state index in [9.17, 15) is 9.90 Å². The number of hydrogen-bond acceptors (Lipinski definition) is 5. The van der Waals surface area contributed by atoms with Crippen LogP contribution in [0.5, 0.6) is 0 Å². The van der Waals surface area contributed by atoms with Crippen LogP contribution in [0.1, 0.15) is 12.2 Å². The molecule has 0 unspecified atom stereocenters. The van der Waals surface area contributed by atoms with Gasteiger partial charge in [0.25, 0.3) is 0 Å². The summed E-state index contributed by atoms with van der Waals surface area (Å²) in [5, 5.41) is 9.22. The second-order valence-corrected chi connectivity index (χ2v) is 6.67. The van der Waals surface area contributed by atoms with Gasteiger partial charge in [0.1, 0.15) is 11.3 Å². The Morgan fingerprint density at radius 1 is 1.36 bits per heavy atom. The van der Waals surface area contributed by atoms with Crippen LogP contribution >= 0.6 is 0 Å². The van der Waals surface area contributed by atoms with E-state index in [-0.39, 0.29) is 0 Å². The van der Waals surface area contributed by atoms with Gasteiger partial charge in [-0.25, -0.2) is 4.98 Å². The summed E-state index contributed by atoms with van der Waals surface area (Å²) in [6.45, 7) is 1.51. The number of carboxylic acids is 1. The van der Waals surface area contributed by atoms with Gasteiger partial charge in [-0.3, -0.25) is 9.69 Å². The van der Waals surface area contributed by atoms with Crippen molar-refractivity contribution in [1.29, 1.82) is 0 Å². The van der Waals surface area contributed by atoms with Crippen molar-refractivity contribution in [3.05, 3.63) is 42.2 Å². The van der Waals surface area contributed by atoms with Gasteiger partial charge in [-0.2, -0.15) is 0 Å². The lowest BCUT2D eigenvalue weighted by Gasteiger charge is -2.19. The first kappa shape index (κ1) is 15.9. The largest absolute Gasteiger partial charge is 0.480 e. The topological polar surface area (TPSA) is 97.5 Å². The van der Waals surface area contributed by atoms with E-state index in [2.05, 4.69) is 4.98 Å². The monoisotopic (exact) mass is 340 g/mol. The Labute approximate surface area is 144 Å². The van der Waals surface area contributed by atoms with Crippen molar-refractivity contribution >= 4 is 17.0 Å². The maximum absolute atomic E-state index is 11.2. The van der Waals surface area contributed by atoms with Gasteiger partial charge >= 0.3 is 5.97 Å². The van der Waals surface area contributed by atoms with Gasteiger partial charge in [-0.05, 0) is 30.7 Å². The summed E-state index contributed by atoms with van der Waals surface area (Å²) in [5.74, 6) is 1.30. The zero-order valence-electron chi connectivity index (χ0n) is 14.0. The molecule has 1 aliphatic heterocycles. The summed E-state index contributed by atoms with van der Waals surface area (Å²) >= 11 is 0. The number of fused-ring (bicyclic) bond motifs is 1. The Kier molecular flexibility index (Phi) is 3.63. The molecule has 7 nitrogen and oxygen atoms in total. The maximum atomic E-state index is 11.2. The standard InChI is InChI=1S/C18H20N4O3/c1-21-14-5-3-2-4-13(14)20-16(21)15-7-6-12(25-15)10-22-9-8-18(19,11-22)17(23)24/h2-7H,8-11,19H2,1H3,(H,23,24)/t18-/m0/s1. The lowest BCUT2D eigenvalue weighted by molar-refractivity contribution is -0.142. The van der Waals surface area contributed by atoms with Crippen LogP contribution < -0.4 is 5.73 Å². The molecule has 3 N–H and O–H groups in total. The van der Waals surface area contributed by atoms with Crippen LogP contribution in [0.3, 0.4) is 0 Å². The van der Waals surface area contributed by atoms with Crippen LogP contribution in [0.25, 0.3) is 22.6 Å². The molecule has 0 spiro atoms. The van der Waals surface area contributed by atoms with Gasteiger partial charge in [-0.1, -0.05) is 12.1 Å². The average molecular weight is 340 g/mol. The molecule has 3 heterocycles. The number of carbonyl (C=O) groups is 1. The van der Waals surface area contributed by atoms with Crippen molar-refractivity contribution in [1.82, 2.24) is 14.5 Å². The highest BCUT2D eigenvalue weighted by Gasteiger charge is 2.41. The molecule has 1 aliphatic rings. The summed E-state index contributed by atoms with van der Waals surface area (Å²) in [6.07, 6.45) is 0.445. The zero-order valence-corrected chi connectivity index (χ0v) is 14.0. The molecule has 1 fully saturated rings. The smallest absolute Gasteiger partial charge is 0.325 e. The summed E-state index contributed by atoms with van der Waals surface area (Å²) in [5.41, 5.74) is 6.73. The normalized spacial score (nSPS) is 21.2. The second kappa shape index (κ2) is 5.72. The van der Waals surface area contributed by atoms with Crippen molar-refractivity contribution in [3.63, 3.8) is 0 Å². The molecule has 0 bridgehead atoms. The van der Waals surface area contributed by atoms with Gasteiger partial charge < -0.3 is 19.8 Å². The van der Waals surface area contributed by atoms with Crippen molar-refractivity contribution in [2.75, 3.05) is 13.1 Å². The minimum absolute atomic E-state index is 0.324. The fraction of sp³-hybridized carbons (Fsp3) is 0.333. The lowest BCUT2D eigenvalue weighted by Crippen LogP contribution is -2.49. The van der Waals surface area contributed by atoms with Gasteiger partial charge in [0.2, 0.25) is 0 Å².